The zero-order valence-electron chi connectivity index (χ0n) is 14.4. The summed E-state index contributed by atoms with van der Waals surface area (Å²) in [4.78, 5) is 24.7. The summed E-state index contributed by atoms with van der Waals surface area (Å²) < 4.78 is 5.07. The van der Waals surface area contributed by atoms with Gasteiger partial charge in [-0.15, -0.1) is 11.7 Å². The average Bonchev–Trinajstić information content (AvgIpc) is 2.93. The van der Waals surface area contributed by atoms with Crippen molar-refractivity contribution in [1.82, 2.24) is 0 Å². The number of carbonyl (C=O) groups excluding carboxylic acids is 1. The van der Waals surface area contributed by atoms with Crippen LogP contribution in [0.2, 0.25) is 0 Å². The lowest BCUT2D eigenvalue weighted by atomic mass is 10.1. The zero-order chi connectivity index (χ0) is 19.2. The molecule has 1 N–H and O–H groups in total. The number of para-hydroxylation sites is 1. The fourth-order valence-corrected chi connectivity index (χ4v) is 2.62. The molecule has 3 rings (SSSR count). The summed E-state index contributed by atoms with van der Waals surface area (Å²) >= 11 is 0. The minimum Gasteiger partial charge on any atom is -0.482 e. The Labute approximate surface area is 155 Å². The predicted octanol–water partition coefficient (Wildman–Crippen LogP) is 2.51. The quantitative estimate of drug-likeness (QED) is 0.465. The van der Waals surface area contributed by atoms with Crippen molar-refractivity contribution < 1.29 is 19.4 Å². The van der Waals surface area contributed by atoms with Crippen LogP contribution in [0.15, 0.2) is 71.4 Å². The molecule has 0 saturated carbocycles. The van der Waals surface area contributed by atoms with Crippen LogP contribution in [0, 0.1) is 0 Å². The molecule has 136 valence electrons. The SMILES string of the molecule is C=CCN1C(=O)C(=N/N=C/c2ccc(OCC(=O)O)cc2)c2ccccc21. The van der Waals surface area contributed by atoms with Crippen molar-refractivity contribution in [2.75, 3.05) is 18.1 Å². The first-order chi connectivity index (χ1) is 13.1. The minimum atomic E-state index is -1.04. The van der Waals surface area contributed by atoms with E-state index >= 15 is 0 Å². The summed E-state index contributed by atoms with van der Waals surface area (Å²) in [6, 6.07) is 14.1. The number of ether oxygens (including phenoxy) is 1. The van der Waals surface area contributed by atoms with E-state index in [9.17, 15) is 9.59 Å². The van der Waals surface area contributed by atoms with E-state index in [0.29, 0.717) is 12.3 Å². The lowest BCUT2D eigenvalue weighted by molar-refractivity contribution is -0.139. The molecule has 0 spiro atoms. The van der Waals surface area contributed by atoms with Crippen LogP contribution in [-0.2, 0) is 9.59 Å². The van der Waals surface area contributed by atoms with Gasteiger partial charge in [0.05, 0.1) is 11.9 Å². The molecule has 0 unspecified atom stereocenters. The molecule has 1 aliphatic heterocycles. The molecule has 7 nitrogen and oxygen atoms in total. The first kappa shape index (κ1) is 18.1. The Balaban J connectivity index is 1.76. The summed E-state index contributed by atoms with van der Waals surface area (Å²) in [7, 11) is 0. The van der Waals surface area contributed by atoms with Crippen LogP contribution < -0.4 is 9.64 Å². The Morgan fingerprint density at radius 2 is 1.93 bits per heavy atom. The second kappa shape index (κ2) is 8.09. The Hall–Kier alpha value is -3.74. The van der Waals surface area contributed by atoms with E-state index in [-0.39, 0.29) is 11.6 Å². The smallest absolute Gasteiger partial charge is 0.341 e. The van der Waals surface area contributed by atoms with Crippen LogP contribution in [0.5, 0.6) is 5.75 Å². The van der Waals surface area contributed by atoms with E-state index in [2.05, 4.69) is 16.8 Å². The molecule has 0 radical (unpaired) electrons. The van der Waals surface area contributed by atoms with Crippen molar-refractivity contribution in [2.45, 2.75) is 0 Å². The first-order valence-electron chi connectivity index (χ1n) is 8.18. The van der Waals surface area contributed by atoms with Gasteiger partial charge in [0.1, 0.15) is 5.75 Å². The van der Waals surface area contributed by atoms with Gasteiger partial charge in [0.2, 0.25) is 0 Å². The number of rotatable bonds is 7. The molecule has 1 heterocycles. The number of carboxylic acid groups (broad SMARTS) is 1. The number of hydrogen-bond acceptors (Lipinski definition) is 5. The van der Waals surface area contributed by atoms with Crippen LogP contribution in [0.3, 0.4) is 0 Å². The summed E-state index contributed by atoms with van der Waals surface area (Å²) in [5.41, 5.74) is 2.55. The average molecular weight is 363 g/mol. The monoisotopic (exact) mass is 363 g/mol. The lowest BCUT2D eigenvalue weighted by Gasteiger charge is -2.13. The van der Waals surface area contributed by atoms with E-state index in [4.69, 9.17) is 9.84 Å². The molecule has 0 saturated heterocycles. The molecule has 1 aliphatic rings. The number of hydrogen-bond donors (Lipinski definition) is 1. The normalized spacial score (nSPS) is 14.6. The zero-order valence-corrected chi connectivity index (χ0v) is 14.4. The van der Waals surface area contributed by atoms with Gasteiger partial charge in [0.25, 0.3) is 5.91 Å². The fourth-order valence-electron chi connectivity index (χ4n) is 2.62. The van der Waals surface area contributed by atoms with E-state index in [0.717, 1.165) is 16.8 Å². The van der Waals surface area contributed by atoms with Gasteiger partial charge in [0, 0.05) is 12.1 Å². The van der Waals surface area contributed by atoms with Crippen molar-refractivity contribution >= 4 is 29.5 Å². The molecule has 2 aromatic carbocycles. The molecular weight excluding hydrogens is 346 g/mol. The Morgan fingerprint density at radius 3 is 2.63 bits per heavy atom. The molecule has 2 aromatic rings. The third-order valence-electron chi connectivity index (χ3n) is 3.82. The van der Waals surface area contributed by atoms with Gasteiger partial charge in [0.15, 0.2) is 12.3 Å². The van der Waals surface area contributed by atoms with Gasteiger partial charge in [-0.25, -0.2) is 4.79 Å². The van der Waals surface area contributed by atoms with Crippen molar-refractivity contribution in [1.29, 1.82) is 0 Å². The number of carboxylic acids is 1. The standard InChI is InChI=1S/C20H17N3O4/c1-2-11-23-17-6-4-3-5-16(17)19(20(23)26)22-21-12-14-7-9-15(10-8-14)27-13-18(24)25/h2-10,12H,1,11,13H2,(H,24,25)/b21-12+,22-19?. The van der Waals surface area contributed by atoms with Gasteiger partial charge in [-0.2, -0.15) is 5.10 Å². The van der Waals surface area contributed by atoms with Gasteiger partial charge in [-0.3, -0.25) is 4.79 Å². The number of benzene rings is 2. The van der Waals surface area contributed by atoms with Crippen molar-refractivity contribution in [3.05, 3.63) is 72.3 Å². The van der Waals surface area contributed by atoms with Crippen LogP contribution in [0.25, 0.3) is 0 Å². The largest absolute Gasteiger partial charge is 0.482 e. The maximum Gasteiger partial charge on any atom is 0.341 e. The molecule has 7 heteroatoms. The molecule has 0 atom stereocenters. The topological polar surface area (TPSA) is 91.6 Å². The van der Waals surface area contributed by atoms with Crippen LogP contribution in [0.1, 0.15) is 11.1 Å². The van der Waals surface area contributed by atoms with Crippen molar-refractivity contribution in [2.24, 2.45) is 10.2 Å². The van der Waals surface area contributed by atoms with Crippen LogP contribution in [-0.4, -0.2) is 42.1 Å². The molecule has 1 amide bonds. The van der Waals surface area contributed by atoms with Gasteiger partial charge in [-0.1, -0.05) is 24.3 Å². The maximum absolute atomic E-state index is 12.6. The molecule has 0 bridgehead atoms. The maximum atomic E-state index is 12.6. The second-order valence-electron chi connectivity index (χ2n) is 5.67. The highest BCUT2D eigenvalue weighted by Crippen LogP contribution is 2.29. The number of aliphatic carboxylic acids is 1. The lowest BCUT2D eigenvalue weighted by Crippen LogP contribution is -2.30. The molecule has 0 aliphatic carbocycles. The summed E-state index contributed by atoms with van der Waals surface area (Å²) in [5, 5.41) is 16.7. The Kier molecular flexibility index (Phi) is 5.41. The number of amides is 1. The van der Waals surface area contributed by atoms with Crippen molar-refractivity contribution in [3.63, 3.8) is 0 Å². The minimum absolute atomic E-state index is 0.217. The molecular formula is C20H17N3O4. The highest BCUT2D eigenvalue weighted by molar-refractivity contribution is 6.54. The van der Waals surface area contributed by atoms with Crippen molar-refractivity contribution in [3.8, 4) is 5.75 Å². The third-order valence-corrected chi connectivity index (χ3v) is 3.82. The molecule has 0 fully saturated rings. The van der Waals surface area contributed by atoms with E-state index < -0.39 is 12.6 Å². The Morgan fingerprint density at radius 1 is 1.19 bits per heavy atom. The highest BCUT2D eigenvalue weighted by atomic mass is 16.5. The summed E-state index contributed by atoms with van der Waals surface area (Å²) in [5.74, 6) is -0.810. The molecule has 0 aromatic heterocycles. The van der Waals surface area contributed by atoms with E-state index in [1.807, 2.05) is 24.3 Å². The number of carbonyl (C=O) groups is 2. The second-order valence-corrected chi connectivity index (χ2v) is 5.67. The Bertz CT molecular complexity index is 932. The number of fused-ring (bicyclic) bond motifs is 1. The summed E-state index contributed by atoms with van der Waals surface area (Å²) in [6.07, 6.45) is 3.18. The van der Waals surface area contributed by atoms with E-state index in [1.165, 1.54) is 6.21 Å². The molecule has 27 heavy (non-hydrogen) atoms. The van der Waals surface area contributed by atoms with Crippen LogP contribution in [0.4, 0.5) is 5.69 Å². The fraction of sp³-hybridized carbons (Fsp3) is 0.100. The van der Waals surface area contributed by atoms with Crippen LogP contribution >= 0.6 is 0 Å². The van der Waals surface area contributed by atoms with Gasteiger partial charge < -0.3 is 14.7 Å². The number of anilines is 1. The van der Waals surface area contributed by atoms with Gasteiger partial charge in [-0.05, 0) is 35.9 Å². The predicted molar refractivity (Wildman–Crippen MR) is 103 cm³/mol. The number of nitrogens with zero attached hydrogens (tertiary/aromatic N) is 3. The summed E-state index contributed by atoms with van der Waals surface area (Å²) in [6.45, 7) is 3.68. The van der Waals surface area contributed by atoms with Gasteiger partial charge >= 0.3 is 5.97 Å². The highest BCUT2D eigenvalue weighted by Gasteiger charge is 2.32. The first-order valence-corrected chi connectivity index (χ1v) is 8.18. The van der Waals surface area contributed by atoms with E-state index in [1.54, 1.807) is 35.2 Å². The third kappa shape index (κ3) is 4.09.